The fraction of sp³-hybridized carbons (Fsp3) is 0.100. The molecular weight excluding hydrogens is 196 g/mol. The molecule has 0 aromatic heterocycles. The molecule has 0 aliphatic heterocycles. The second-order valence-electron chi connectivity index (χ2n) is 2.75. The van der Waals surface area contributed by atoms with Gasteiger partial charge in [0.05, 0.1) is 11.3 Å². The number of rotatable bonds is 2. The van der Waals surface area contributed by atoms with E-state index in [-0.39, 0.29) is 12.1 Å². The first-order chi connectivity index (χ1) is 7.09. The summed E-state index contributed by atoms with van der Waals surface area (Å²) in [6.45, 7) is 0. The van der Waals surface area contributed by atoms with E-state index in [4.69, 9.17) is 5.73 Å². The smallest absolute Gasteiger partial charge is 0.270 e. The van der Waals surface area contributed by atoms with Gasteiger partial charge in [0.25, 0.3) is 5.69 Å². The van der Waals surface area contributed by atoms with Crippen LogP contribution in [0.15, 0.2) is 24.3 Å². The molecule has 0 fully saturated rings. The van der Waals surface area contributed by atoms with E-state index in [0.717, 1.165) is 0 Å². The van der Waals surface area contributed by atoms with Gasteiger partial charge in [-0.05, 0) is 6.07 Å². The zero-order valence-corrected chi connectivity index (χ0v) is 7.77. The molecule has 0 saturated carbocycles. The zero-order chi connectivity index (χ0) is 11.3. The highest BCUT2D eigenvalue weighted by Gasteiger charge is 2.03. The first-order valence-electron chi connectivity index (χ1n) is 4.11. The second-order valence-corrected chi connectivity index (χ2v) is 2.75. The molecule has 0 aliphatic carbocycles. The fourth-order valence-corrected chi connectivity index (χ4v) is 0.931. The summed E-state index contributed by atoms with van der Waals surface area (Å²) in [7, 11) is 0. The zero-order valence-electron chi connectivity index (χ0n) is 7.77. The number of nitro groups is 1. The highest BCUT2D eigenvalue weighted by molar-refractivity contribution is 5.76. The first kappa shape index (κ1) is 10.7. The van der Waals surface area contributed by atoms with E-state index < -0.39 is 10.8 Å². The van der Waals surface area contributed by atoms with Gasteiger partial charge in [-0.2, -0.15) is 0 Å². The van der Waals surface area contributed by atoms with Crippen LogP contribution in [0.4, 0.5) is 5.69 Å². The number of carbonyl (C=O) groups excluding carboxylic acids is 1. The van der Waals surface area contributed by atoms with E-state index in [1.165, 1.54) is 18.2 Å². The third-order valence-electron chi connectivity index (χ3n) is 1.55. The Morgan fingerprint density at radius 2 is 2.27 bits per heavy atom. The molecule has 1 amide bonds. The third-order valence-corrected chi connectivity index (χ3v) is 1.55. The third kappa shape index (κ3) is 3.48. The van der Waals surface area contributed by atoms with E-state index in [9.17, 15) is 14.9 Å². The van der Waals surface area contributed by atoms with Crippen LogP contribution in [0.3, 0.4) is 0 Å². The summed E-state index contributed by atoms with van der Waals surface area (Å²) in [5, 5.41) is 10.4. The molecule has 0 saturated heterocycles. The SMILES string of the molecule is NC(=O)CC#Cc1cccc([N+](=O)[O-])c1. The highest BCUT2D eigenvalue weighted by Crippen LogP contribution is 2.11. The molecule has 0 atom stereocenters. The van der Waals surface area contributed by atoms with E-state index in [1.54, 1.807) is 6.07 Å². The minimum absolute atomic E-state index is 0.0270. The lowest BCUT2D eigenvalue weighted by molar-refractivity contribution is -0.384. The summed E-state index contributed by atoms with van der Waals surface area (Å²) in [5.41, 5.74) is 5.35. The number of nitrogens with two attached hydrogens (primary N) is 1. The van der Waals surface area contributed by atoms with Gasteiger partial charge >= 0.3 is 0 Å². The van der Waals surface area contributed by atoms with Crippen LogP contribution in [0.25, 0.3) is 0 Å². The minimum atomic E-state index is -0.520. The van der Waals surface area contributed by atoms with Gasteiger partial charge in [0.2, 0.25) is 5.91 Å². The van der Waals surface area contributed by atoms with Crippen molar-refractivity contribution in [3.8, 4) is 11.8 Å². The quantitative estimate of drug-likeness (QED) is 0.439. The van der Waals surface area contributed by atoms with Gasteiger partial charge in [-0.3, -0.25) is 14.9 Å². The molecule has 0 spiro atoms. The topological polar surface area (TPSA) is 86.2 Å². The van der Waals surface area contributed by atoms with Crippen LogP contribution in [0, 0.1) is 22.0 Å². The Hall–Kier alpha value is -2.35. The van der Waals surface area contributed by atoms with Gasteiger partial charge < -0.3 is 5.73 Å². The van der Waals surface area contributed by atoms with Crippen LogP contribution >= 0.6 is 0 Å². The van der Waals surface area contributed by atoms with E-state index >= 15 is 0 Å². The number of primary amides is 1. The van der Waals surface area contributed by atoms with Crippen LogP contribution < -0.4 is 5.73 Å². The maximum absolute atomic E-state index is 10.4. The van der Waals surface area contributed by atoms with E-state index in [2.05, 4.69) is 11.8 Å². The summed E-state index contributed by atoms with van der Waals surface area (Å²) in [4.78, 5) is 20.3. The molecule has 1 aromatic rings. The van der Waals surface area contributed by atoms with Gasteiger partial charge in [0, 0.05) is 17.7 Å². The van der Waals surface area contributed by atoms with Crippen molar-refractivity contribution in [2.45, 2.75) is 6.42 Å². The highest BCUT2D eigenvalue weighted by atomic mass is 16.6. The Labute approximate surface area is 86.0 Å². The monoisotopic (exact) mass is 204 g/mol. The Morgan fingerprint density at radius 3 is 2.87 bits per heavy atom. The summed E-state index contributed by atoms with van der Waals surface area (Å²) >= 11 is 0. The maximum atomic E-state index is 10.4. The molecule has 1 aromatic carbocycles. The molecule has 0 heterocycles. The Kier molecular flexibility index (Phi) is 3.41. The standard InChI is InChI=1S/C10H8N2O3/c11-10(13)6-2-4-8-3-1-5-9(7-8)12(14)15/h1,3,5,7H,6H2,(H2,11,13). The van der Waals surface area contributed by atoms with Crippen molar-refractivity contribution < 1.29 is 9.72 Å². The summed E-state index contributed by atoms with van der Waals surface area (Å²) in [6.07, 6.45) is -0.0529. The second kappa shape index (κ2) is 4.77. The number of carbonyl (C=O) groups is 1. The lowest BCUT2D eigenvalue weighted by Crippen LogP contribution is -2.08. The van der Waals surface area contributed by atoms with Crippen LogP contribution in [0.2, 0.25) is 0 Å². The van der Waals surface area contributed by atoms with E-state index in [1.807, 2.05) is 0 Å². The molecule has 0 unspecified atom stereocenters. The molecule has 1 rings (SSSR count). The average molecular weight is 204 g/mol. The average Bonchev–Trinajstić information content (AvgIpc) is 2.17. The van der Waals surface area contributed by atoms with Crippen molar-refractivity contribution in [3.05, 3.63) is 39.9 Å². The number of non-ortho nitro benzene ring substituents is 1. The van der Waals surface area contributed by atoms with Crippen molar-refractivity contribution in [3.63, 3.8) is 0 Å². The minimum Gasteiger partial charge on any atom is -0.369 e. The molecule has 0 aliphatic rings. The lowest BCUT2D eigenvalue weighted by Gasteiger charge is -1.91. The van der Waals surface area contributed by atoms with Gasteiger partial charge in [0.1, 0.15) is 0 Å². The predicted octanol–water partition coefficient (Wildman–Crippen LogP) is 0.822. The number of hydrogen-bond acceptors (Lipinski definition) is 3. The number of nitro benzene ring substituents is 1. The number of amides is 1. The van der Waals surface area contributed by atoms with Gasteiger partial charge in [-0.1, -0.05) is 17.9 Å². The summed E-state index contributed by atoms with van der Waals surface area (Å²) in [5.74, 6) is 4.62. The largest absolute Gasteiger partial charge is 0.369 e. The van der Waals surface area contributed by atoms with Crippen molar-refractivity contribution in [2.75, 3.05) is 0 Å². The van der Waals surface area contributed by atoms with Crippen LogP contribution in [-0.2, 0) is 4.79 Å². The fourth-order valence-electron chi connectivity index (χ4n) is 0.931. The summed E-state index contributed by atoms with van der Waals surface area (Å²) < 4.78 is 0. The van der Waals surface area contributed by atoms with Gasteiger partial charge in [-0.15, -0.1) is 0 Å². The van der Waals surface area contributed by atoms with Crippen molar-refractivity contribution in [2.24, 2.45) is 5.73 Å². The molecule has 76 valence electrons. The Balaban J connectivity index is 2.85. The summed E-state index contributed by atoms with van der Waals surface area (Å²) in [6, 6.07) is 5.88. The van der Waals surface area contributed by atoms with Crippen LogP contribution in [0.1, 0.15) is 12.0 Å². The number of nitrogens with zero attached hydrogens (tertiary/aromatic N) is 1. The first-order valence-corrected chi connectivity index (χ1v) is 4.11. The Morgan fingerprint density at radius 1 is 1.53 bits per heavy atom. The normalized spacial score (nSPS) is 8.80. The molecule has 0 radical (unpaired) electrons. The molecule has 0 bridgehead atoms. The van der Waals surface area contributed by atoms with E-state index in [0.29, 0.717) is 5.56 Å². The molecule has 2 N–H and O–H groups in total. The van der Waals surface area contributed by atoms with Gasteiger partial charge in [0.15, 0.2) is 0 Å². The van der Waals surface area contributed by atoms with Crippen LogP contribution in [0.5, 0.6) is 0 Å². The lowest BCUT2D eigenvalue weighted by atomic mass is 10.2. The maximum Gasteiger partial charge on any atom is 0.270 e. The predicted molar refractivity (Wildman–Crippen MR) is 53.8 cm³/mol. The number of hydrogen-bond donors (Lipinski definition) is 1. The van der Waals surface area contributed by atoms with Crippen molar-refractivity contribution in [1.29, 1.82) is 0 Å². The van der Waals surface area contributed by atoms with Gasteiger partial charge in [-0.25, -0.2) is 0 Å². The van der Waals surface area contributed by atoms with Crippen molar-refractivity contribution in [1.82, 2.24) is 0 Å². The molecule has 5 nitrogen and oxygen atoms in total. The molecular formula is C10H8N2O3. The van der Waals surface area contributed by atoms with Crippen LogP contribution in [-0.4, -0.2) is 10.8 Å². The van der Waals surface area contributed by atoms with Crippen molar-refractivity contribution >= 4 is 11.6 Å². The Bertz CT molecular complexity index is 457. The number of benzene rings is 1. The molecule has 15 heavy (non-hydrogen) atoms. The molecule has 5 heteroatoms.